The Hall–Kier alpha value is -9.25. The summed E-state index contributed by atoms with van der Waals surface area (Å²) in [6, 6.07) is -8.46. The van der Waals surface area contributed by atoms with Gasteiger partial charge in [-0.05, 0) is 138 Å². The van der Waals surface area contributed by atoms with E-state index in [9.17, 15) is 77.3 Å². The Morgan fingerprint density at radius 1 is 0.554 bits per heavy atom. The number of unbranched alkanes of at least 4 members (excludes halogenated alkanes) is 2. The Balaban J connectivity index is 2.34. The van der Waals surface area contributed by atoms with Gasteiger partial charge < -0.3 is 108 Å². The topological polar surface area (TPSA) is 597 Å². The molecular formula is C66H113N19O16. The normalized spacial score (nSPS) is 16.0. The van der Waals surface area contributed by atoms with Gasteiger partial charge in [0.25, 0.3) is 0 Å². The molecule has 1 aliphatic rings. The molecule has 12 atom stereocenters. The number of carboxylic acids is 1. The number of aliphatic carboxylic acids is 1. The van der Waals surface area contributed by atoms with Gasteiger partial charge in [-0.3, -0.25) is 72.1 Å². The summed E-state index contributed by atoms with van der Waals surface area (Å²) in [7, 11) is 0. The third kappa shape index (κ3) is 32.3. The number of aromatic hydroxyl groups is 1. The first-order valence-corrected chi connectivity index (χ1v) is 34.6. The monoisotopic (exact) mass is 1430 g/mol. The molecule has 568 valence electrons. The molecule has 1 aromatic carbocycles. The van der Waals surface area contributed by atoms with Crippen molar-refractivity contribution >= 4 is 88.7 Å². The number of nitrogens with two attached hydrogens (primary N) is 7. The number of likely N-dealkylation sites (tertiary alicyclic amines) is 1. The van der Waals surface area contributed by atoms with E-state index in [1.165, 1.54) is 29.2 Å². The van der Waals surface area contributed by atoms with Crippen molar-refractivity contribution < 1.29 is 77.3 Å². The van der Waals surface area contributed by atoms with Gasteiger partial charge in [0.15, 0.2) is 5.96 Å². The number of carboxylic acid groups (broad SMARTS) is 1. The molecule has 26 N–H and O–H groups in total. The third-order valence-corrected chi connectivity index (χ3v) is 17.0. The lowest BCUT2D eigenvalue weighted by Crippen LogP contribution is -2.61. The predicted octanol–water partition coefficient (Wildman–Crippen LogP) is -3.94. The lowest BCUT2D eigenvalue weighted by atomic mass is 9.96. The molecule has 0 saturated carbocycles. The van der Waals surface area contributed by atoms with E-state index in [0.29, 0.717) is 50.5 Å². The SMILES string of the molecule is CC[C@H](C)[C@H](NC(=O)[C@H](CCCCN)NC(=O)[C@H](CCCCN)NC(=O)CNC(=O)[C@H]1CCCN1C(=O)[C@@H](NC(=O)[C@H](CCC(=O)O)NC(=O)[C@@H](NC(=O)[C@H](Cc1ccc(O)cc1)NC(=O)[C@@H](N)CCCN=C(N)N)C(C)C)C(C)C)C(=O)N[C@@H](CC(C)C)C(=O)N[C@@H](CCC(N)=O)C(N)=O. The second-order valence-electron chi connectivity index (χ2n) is 26.6. The number of hydrogen-bond donors (Lipinski definition) is 19. The van der Waals surface area contributed by atoms with Crippen molar-refractivity contribution in [1.82, 2.24) is 58.1 Å². The standard InChI is InChI=1S/C66H113N19O16/c1-9-38(8)54(64(100)81-46(32-35(2)3)60(96)77-42(55(71)91)24-26-49(70)87)84-58(94)44(18-11-13-29-68)78-57(93)43(17-10-12-28-67)76-50(88)34-75-62(98)48-19-15-31-85(48)65(101)53(37(6)7)83-59(95)45(25-27-51(89)90)79-63(99)52(36(4)5)82-61(97)47(33-39-20-22-40(86)23-21-39)80-56(92)41(69)16-14-30-74-66(72)73/h20-23,35-38,41-48,52-54,86H,9-19,24-34,67-69H2,1-8H3,(H2,70,87)(H2,71,91)(H,75,98)(H,76,88)(H,77,96)(H,78,93)(H,79,99)(H,80,92)(H,81,100)(H,82,97)(H,83,95)(H,84,94)(H,89,90)(H4,72,73,74)/t38-,41-,42-,43-,44-,45-,46-,47-,48+,52-,53-,54-/m0/s1. The molecule has 101 heavy (non-hydrogen) atoms. The summed E-state index contributed by atoms with van der Waals surface area (Å²) >= 11 is 0. The number of rotatable bonds is 48. The average molecular weight is 1430 g/mol. The van der Waals surface area contributed by atoms with Gasteiger partial charge in [0.2, 0.25) is 76.8 Å². The van der Waals surface area contributed by atoms with E-state index in [4.69, 9.17) is 40.1 Å². The summed E-state index contributed by atoms with van der Waals surface area (Å²) < 4.78 is 0. The second kappa shape index (κ2) is 45.5. The minimum atomic E-state index is -1.60. The van der Waals surface area contributed by atoms with Gasteiger partial charge >= 0.3 is 5.97 Å². The number of phenolic OH excluding ortho intramolecular Hbond substituents is 1. The van der Waals surface area contributed by atoms with Crippen LogP contribution in [0.15, 0.2) is 29.3 Å². The molecule has 0 radical (unpaired) electrons. The Kier molecular flexibility index (Phi) is 39.6. The second-order valence-corrected chi connectivity index (χ2v) is 26.6. The lowest BCUT2D eigenvalue weighted by Gasteiger charge is -2.32. The number of guanidine groups is 1. The molecule has 1 fully saturated rings. The first kappa shape index (κ1) is 87.8. The molecule has 0 spiro atoms. The van der Waals surface area contributed by atoms with Gasteiger partial charge in [-0.15, -0.1) is 0 Å². The molecule has 0 aromatic heterocycles. The number of primary amides is 2. The number of aliphatic imine (C=N–C) groups is 1. The molecule has 2 rings (SSSR count). The minimum absolute atomic E-state index is 0.0329. The highest BCUT2D eigenvalue weighted by Gasteiger charge is 2.41. The molecule has 1 saturated heterocycles. The minimum Gasteiger partial charge on any atom is -0.508 e. The molecule has 1 aliphatic heterocycles. The fourth-order valence-electron chi connectivity index (χ4n) is 10.9. The maximum atomic E-state index is 14.5. The largest absolute Gasteiger partial charge is 0.508 e. The molecule has 1 aromatic rings. The highest BCUT2D eigenvalue weighted by atomic mass is 16.4. The van der Waals surface area contributed by atoms with Crippen molar-refractivity contribution in [3.63, 3.8) is 0 Å². The van der Waals surface area contributed by atoms with Crippen LogP contribution in [0, 0.1) is 23.7 Å². The maximum Gasteiger partial charge on any atom is 0.303 e. The van der Waals surface area contributed by atoms with Crippen molar-refractivity contribution in [3.05, 3.63) is 29.8 Å². The molecule has 1 heterocycles. The van der Waals surface area contributed by atoms with Crippen molar-refractivity contribution in [2.75, 3.05) is 32.7 Å². The van der Waals surface area contributed by atoms with Crippen LogP contribution in [0.3, 0.4) is 0 Å². The van der Waals surface area contributed by atoms with Gasteiger partial charge in [0.1, 0.15) is 66.2 Å². The van der Waals surface area contributed by atoms with Gasteiger partial charge in [0.05, 0.1) is 12.6 Å². The van der Waals surface area contributed by atoms with Crippen LogP contribution >= 0.6 is 0 Å². The van der Waals surface area contributed by atoms with Crippen molar-refractivity contribution in [1.29, 1.82) is 0 Å². The molecule has 35 heteroatoms. The Labute approximate surface area is 590 Å². The van der Waals surface area contributed by atoms with E-state index >= 15 is 0 Å². The van der Waals surface area contributed by atoms with Gasteiger partial charge in [-0.2, -0.15) is 0 Å². The van der Waals surface area contributed by atoms with E-state index in [1.807, 2.05) is 0 Å². The van der Waals surface area contributed by atoms with Crippen LogP contribution in [-0.2, 0) is 73.5 Å². The van der Waals surface area contributed by atoms with Crippen LogP contribution in [0.1, 0.15) is 164 Å². The number of carbonyl (C=O) groups excluding carboxylic acids is 13. The van der Waals surface area contributed by atoms with Crippen LogP contribution in [-0.4, -0.2) is 203 Å². The summed E-state index contributed by atoms with van der Waals surface area (Å²) in [4.78, 5) is 195. The Morgan fingerprint density at radius 3 is 1.57 bits per heavy atom. The smallest absolute Gasteiger partial charge is 0.303 e. The van der Waals surface area contributed by atoms with Crippen LogP contribution < -0.4 is 93.3 Å². The molecule has 0 aliphatic carbocycles. The average Bonchev–Trinajstić information content (AvgIpc) is 1.88. The molecule has 0 bridgehead atoms. The summed E-state index contributed by atoms with van der Waals surface area (Å²) in [5, 5.41) is 45.9. The van der Waals surface area contributed by atoms with Crippen LogP contribution in [0.25, 0.3) is 0 Å². The number of phenols is 1. The molecule has 35 nitrogen and oxygen atoms in total. The number of nitrogens with one attached hydrogen (secondary N) is 10. The quantitative estimate of drug-likeness (QED) is 0.0168. The summed E-state index contributed by atoms with van der Waals surface area (Å²) in [6.45, 7) is 13.5. The van der Waals surface area contributed by atoms with Gasteiger partial charge in [-0.1, -0.05) is 73.9 Å². The number of amides is 13. The first-order chi connectivity index (χ1) is 47.5. The van der Waals surface area contributed by atoms with Crippen molar-refractivity contribution in [3.8, 4) is 5.75 Å². The summed E-state index contributed by atoms with van der Waals surface area (Å²) in [5.41, 5.74) is 39.8. The van der Waals surface area contributed by atoms with Crippen molar-refractivity contribution in [2.45, 2.75) is 231 Å². The maximum absolute atomic E-state index is 14.5. The highest BCUT2D eigenvalue weighted by molar-refractivity contribution is 5.99. The van der Waals surface area contributed by atoms with E-state index in [0.717, 1.165) is 0 Å². The zero-order chi connectivity index (χ0) is 76.2. The zero-order valence-corrected chi connectivity index (χ0v) is 59.6. The Morgan fingerprint density at radius 2 is 1.04 bits per heavy atom. The zero-order valence-electron chi connectivity index (χ0n) is 59.6. The third-order valence-electron chi connectivity index (χ3n) is 17.0. The first-order valence-electron chi connectivity index (χ1n) is 34.6. The number of benzene rings is 1. The van der Waals surface area contributed by atoms with Gasteiger partial charge in [-0.25, -0.2) is 0 Å². The Bertz CT molecular complexity index is 2970. The molecule has 0 unspecified atom stereocenters. The number of hydrogen-bond acceptors (Lipinski definition) is 19. The fourth-order valence-corrected chi connectivity index (χ4v) is 10.9. The van der Waals surface area contributed by atoms with Gasteiger partial charge in [0, 0.05) is 32.4 Å². The van der Waals surface area contributed by atoms with Crippen LogP contribution in [0.2, 0.25) is 0 Å². The van der Waals surface area contributed by atoms with Crippen molar-refractivity contribution in [2.24, 2.45) is 68.8 Å². The van der Waals surface area contributed by atoms with E-state index in [1.54, 1.807) is 55.4 Å². The number of carbonyl (C=O) groups is 14. The van der Waals surface area contributed by atoms with Crippen LogP contribution in [0.4, 0.5) is 0 Å². The van der Waals surface area contributed by atoms with E-state index < -0.39 is 186 Å². The van der Waals surface area contributed by atoms with E-state index in [-0.39, 0.29) is 95.2 Å². The highest BCUT2D eigenvalue weighted by Crippen LogP contribution is 2.22. The predicted molar refractivity (Wildman–Crippen MR) is 374 cm³/mol. The fraction of sp³-hybridized carbons (Fsp3) is 0.682. The molecular weight excluding hydrogens is 1310 g/mol. The summed E-state index contributed by atoms with van der Waals surface area (Å²) in [5.74, 6) is -14.0. The number of nitrogens with zero attached hydrogens (tertiary/aromatic N) is 2. The van der Waals surface area contributed by atoms with Crippen LogP contribution in [0.5, 0.6) is 5.75 Å². The summed E-state index contributed by atoms with van der Waals surface area (Å²) in [6.07, 6.45) is 1.36. The molecule has 13 amide bonds. The lowest BCUT2D eigenvalue weighted by molar-refractivity contribution is -0.143. The van der Waals surface area contributed by atoms with E-state index in [2.05, 4.69) is 58.2 Å².